The number of nitro benzene ring substituents is 1. The molecule has 2 aromatic rings. The van der Waals surface area contributed by atoms with Crippen LogP contribution in [0.5, 0.6) is 0 Å². The number of anilines is 1. The summed E-state index contributed by atoms with van der Waals surface area (Å²) in [5, 5.41) is 17.6. The predicted molar refractivity (Wildman–Crippen MR) is 80.7 cm³/mol. The summed E-state index contributed by atoms with van der Waals surface area (Å²) in [6.45, 7) is 4.13. The number of benzene rings is 1. The van der Waals surface area contributed by atoms with E-state index in [-0.39, 0.29) is 5.69 Å². The highest BCUT2D eigenvalue weighted by atomic mass is 32.1. The summed E-state index contributed by atoms with van der Waals surface area (Å²) < 4.78 is 0.739. The Morgan fingerprint density at radius 3 is 3.11 bits per heavy atom. The number of nitrogens with zero attached hydrogens (tertiary/aromatic N) is 2. The molecule has 98 valence electrons. The molecule has 1 heterocycles. The molecule has 0 fully saturated rings. The lowest BCUT2D eigenvalue weighted by Gasteiger charge is -2.04. The van der Waals surface area contributed by atoms with E-state index in [0.29, 0.717) is 22.3 Å². The molecular formula is C11H10N4O2S2. The summed E-state index contributed by atoms with van der Waals surface area (Å²) >= 11 is 6.37. The van der Waals surface area contributed by atoms with Gasteiger partial charge >= 0.3 is 0 Å². The summed E-state index contributed by atoms with van der Waals surface area (Å²) in [4.78, 5) is 14.5. The molecule has 0 amide bonds. The van der Waals surface area contributed by atoms with Gasteiger partial charge in [-0.3, -0.25) is 10.1 Å². The first-order valence-electron chi connectivity index (χ1n) is 5.31. The van der Waals surface area contributed by atoms with Gasteiger partial charge < -0.3 is 10.6 Å². The van der Waals surface area contributed by atoms with Gasteiger partial charge in [0.25, 0.3) is 5.69 Å². The lowest BCUT2D eigenvalue weighted by Crippen LogP contribution is -2.28. The number of thiocarbonyl (C=S) groups is 1. The first-order valence-corrected chi connectivity index (χ1v) is 6.53. The lowest BCUT2D eigenvalue weighted by molar-refractivity contribution is -0.384. The topological polar surface area (TPSA) is 80.1 Å². The largest absolute Gasteiger partial charge is 0.359 e. The van der Waals surface area contributed by atoms with Crippen LogP contribution in [0.4, 0.5) is 10.8 Å². The minimum absolute atomic E-state index is 0.0510. The monoisotopic (exact) mass is 294 g/mol. The number of thiazole rings is 1. The minimum Gasteiger partial charge on any atom is -0.359 e. The number of rotatable bonds is 4. The highest BCUT2D eigenvalue weighted by molar-refractivity contribution is 7.80. The maximum Gasteiger partial charge on any atom is 0.270 e. The zero-order valence-electron chi connectivity index (χ0n) is 9.75. The molecule has 0 saturated carbocycles. The molecule has 2 rings (SSSR count). The molecular weight excluding hydrogens is 284 g/mol. The molecule has 0 bridgehead atoms. The van der Waals surface area contributed by atoms with E-state index < -0.39 is 4.92 Å². The van der Waals surface area contributed by atoms with Crippen molar-refractivity contribution in [1.82, 2.24) is 10.3 Å². The number of nitro groups is 1. The lowest BCUT2D eigenvalue weighted by atomic mass is 10.3. The van der Waals surface area contributed by atoms with Gasteiger partial charge in [-0.1, -0.05) is 17.4 Å². The highest BCUT2D eigenvalue weighted by Crippen LogP contribution is 2.28. The molecule has 8 heteroatoms. The second-order valence-electron chi connectivity index (χ2n) is 3.55. The number of hydrogen-bond donors (Lipinski definition) is 2. The van der Waals surface area contributed by atoms with Crippen molar-refractivity contribution in [3.63, 3.8) is 0 Å². The van der Waals surface area contributed by atoms with Crippen LogP contribution in [-0.2, 0) is 0 Å². The van der Waals surface area contributed by atoms with Gasteiger partial charge in [-0.05, 0) is 18.3 Å². The van der Waals surface area contributed by atoms with E-state index in [2.05, 4.69) is 22.2 Å². The molecule has 0 unspecified atom stereocenters. The summed E-state index contributed by atoms with van der Waals surface area (Å²) in [7, 11) is 0. The van der Waals surface area contributed by atoms with Gasteiger partial charge in [0.2, 0.25) is 0 Å². The average molecular weight is 294 g/mol. The first-order chi connectivity index (χ1) is 9.10. The van der Waals surface area contributed by atoms with Crippen molar-refractivity contribution in [2.24, 2.45) is 0 Å². The highest BCUT2D eigenvalue weighted by Gasteiger charge is 2.10. The molecule has 6 nitrogen and oxygen atoms in total. The van der Waals surface area contributed by atoms with Crippen molar-refractivity contribution in [3.8, 4) is 0 Å². The summed E-state index contributed by atoms with van der Waals surface area (Å²) in [6, 6.07) is 4.55. The normalized spacial score (nSPS) is 10.1. The fourth-order valence-corrected chi connectivity index (χ4v) is 2.53. The Bertz CT molecular complexity index is 653. The number of fused-ring (bicyclic) bond motifs is 1. The number of hydrogen-bond acceptors (Lipinski definition) is 5. The maximum atomic E-state index is 10.7. The van der Waals surface area contributed by atoms with Crippen molar-refractivity contribution < 1.29 is 4.92 Å². The third-order valence-electron chi connectivity index (χ3n) is 2.21. The van der Waals surface area contributed by atoms with Gasteiger partial charge in [-0.15, -0.1) is 6.58 Å². The molecule has 0 spiro atoms. The van der Waals surface area contributed by atoms with E-state index in [1.165, 1.54) is 23.5 Å². The maximum absolute atomic E-state index is 10.7. The molecule has 2 N–H and O–H groups in total. The Hall–Kier alpha value is -2.06. The van der Waals surface area contributed by atoms with Crippen LogP contribution in [0.15, 0.2) is 30.9 Å². The van der Waals surface area contributed by atoms with Crippen LogP contribution in [0.1, 0.15) is 0 Å². The van der Waals surface area contributed by atoms with Crippen LogP contribution >= 0.6 is 23.6 Å². The Morgan fingerprint density at radius 2 is 2.42 bits per heavy atom. The van der Waals surface area contributed by atoms with Gasteiger partial charge in [0, 0.05) is 18.7 Å². The fourth-order valence-electron chi connectivity index (χ4n) is 1.39. The third kappa shape index (κ3) is 3.24. The zero-order chi connectivity index (χ0) is 13.8. The van der Waals surface area contributed by atoms with Crippen molar-refractivity contribution in [2.75, 3.05) is 11.9 Å². The van der Waals surface area contributed by atoms with Crippen molar-refractivity contribution in [2.45, 2.75) is 0 Å². The second-order valence-corrected chi connectivity index (χ2v) is 4.99. The standard InChI is InChI=1S/C11H10N4O2S2/c1-2-5-12-10(18)14-11-13-8-4-3-7(15(16)17)6-9(8)19-11/h2-4,6H,1,5H2,(H2,12,13,14,18). The minimum atomic E-state index is -0.428. The smallest absolute Gasteiger partial charge is 0.270 e. The van der Waals surface area contributed by atoms with E-state index in [4.69, 9.17) is 12.2 Å². The molecule has 1 aromatic heterocycles. The predicted octanol–water partition coefficient (Wildman–Crippen LogP) is 2.68. The van der Waals surface area contributed by atoms with Crippen molar-refractivity contribution in [3.05, 3.63) is 41.0 Å². The molecule has 0 aliphatic heterocycles. The van der Waals surface area contributed by atoms with Crippen LogP contribution in [0.3, 0.4) is 0 Å². The summed E-state index contributed by atoms with van der Waals surface area (Å²) in [6.07, 6.45) is 1.69. The third-order valence-corrected chi connectivity index (χ3v) is 3.39. The van der Waals surface area contributed by atoms with Gasteiger partial charge in [0.05, 0.1) is 15.1 Å². The first kappa shape index (κ1) is 13.4. The summed E-state index contributed by atoms with van der Waals surface area (Å²) in [5.74, 6) is 0. The van der Waals surface area contributed by atoms with Gasteiger partial charge in [0.1, 0.15) is 0 Å². The number of aromatic nitrogens is 1. The number of nitrogens with one attached hydrogen (secondary N) is 2. The molecule has 0 saturated heterocycles. The van der Waals surface area contributed by atoms with Crippen LogP contribution < -0.4 is 10.6 Å². The Balaban J connectivity index is 2.19. The average Bonchev–Trinajstić information content (AvgIpc) is 2.77. The summed E-state index contributed by atoms with van der Waals surface area (Å²) in [5.41, 5.74) is 0.750. The van der Waals surface area contributed by atoms with Gasteiger partial charge in [-0.25, -0.2) is 4.98 Å². The van der Waals surface area contributed by atoms with Crippen molar-refractivity contribution >= 4 is 49.7 Å². The Labute approximate surface area is 118 Å². The van der Waals surface area contributed by atoms with Gasteiger partial charge in [-0.2, -0.15) is 0 Å². The van der Waals surface area contributed by atoms with E-state index in [1.54, 1.807) is 12.1 Å². The van der Waals surface area contributed by atoms with Crippen LogP contribution in [-0.4, -0.2) is 21.6 Å². The van der Waals surface area contributed by atoms with E-state index in [1.807, 2.05) is 0 Å². The molecule has 0 radical (unpaired) electrons. The molecule has 1 aromatic carbocycles. The van der Waals surface area contributed by atoms with E-state index >= 15 is 0 Å². The second kappa shape index (κ2) is 5.72. The van der Waals surface area contributed by atoms with Crippen LogP contribution in [0, 0.1) is 10.1 Å². The Kier molecular flexibility index (Phi) is 4.03. The quantitative estimate of drug-likeness (QED) is 0.390. The molecule has 0 atom stereocenters. The fraction of sp³-hybridized carbons (Fsp3) is 0.0909. The Morgan fingerprint density at radius 1 is 1.63 bits per heavy atom. The molecule has 0 aliphatic rings. The SMILES string of the molecule is C=CCNC(=S)Nc1nc2ccc([N+](=O)[O-])cc2s1. The molecule has 19 heavy (non-hydrogen) atoms. The number of non-ortho nitro benzene ring substituents is 1. The van der Waals surface area contributed by atoms with E-state index in [9.17, 15) is 10.1 Å². The van der Waals surface area contributed by atoms with Crippen molar-refractivity contribution in [1.29, 1.82) is 0 Å². The van der Waals surface area contributed by atoms with Crippen LogP contribution in [0.25, 0.3) is 10.2 Å². The van der Waals surface area contributed by atoms with Gasteiger partial charge in [0.15, 0.2) is 10.2 Å². The zero-order valence-corrected chi connectivity index (χ0v) is 11.4. The molecule has 0 aliphatic carbocycles. The van der Waals surface area contributed by atoms with Crippen LogP contribution in [0.2, 0.25) is 0 Å². The van der Waals surface area contributed by atoms with E-state index in [0.717, 1.165) is 4.70 Å².